The topological polar surface area (TPSA) is 46.2 Å². The van der Waals surface area contributed by atoms with Crippen LogP contribution in [0.2, 0.25) is 5.02 Å². The van der Waals surface area contributed by atoms with E-state index in [1.807, 2.05) is 24.3 Å². The minimum atomic E-state index is -3.74. The Morgan fingerprint density at radius 2 is 1.95 bits per heavy atom. The summed E-state index contributed by atoms with van der Waals surface area (Å²) >= 11 is 5.68. The van der Waals surface area contributed by atoms with Crippen LogP contribution in [0.25, 0.3) is 0 Å². The summed E-state index contributed by atoms with van der Waals surface area (Å²) in [7, 11) is -3.74. The number of benzene rings is 2. The van der Waals surface area contributed by atoms with Crippen LogP contribution >= 0.6 is 11.6 Å². The van der Waals surface area contributed by atoms with E-state index in [0.29, 0.717) is 0 Å². The molecule has 2 aromatic carbocycles. The Balaban J connectivity index is 1.91. The highest BCUT2D eigenvalue weighted by molar-refractivity contribution is 7.89. The van der Waals surface area contributed by atoms with Crippen molar-refractivity contribution in [2.45, 2.75) is 30.2 Å². The fraction of sp³-hybridized carbons (Fsp3) is 0.250. The lowest BCUT2D eigenvalue weighted by molar-refractivity contribution is 0.507. The predicted molar refractivity (Wildman–Crippen MR) is 83.9 cm³/mol. The standard InChI is InChI=1S/C16H15ClFNO2S/c17-14-10-12(8-9-15(14)18)22(20,21)19-16-7-3-5-11-4-1-2-6-13(11)16/h1-2,4,6,8-10,16,19H,3,5,7H2/t16-/m1/s1. The second-order valence-electron chi connectivity index (χ2n) is 5.34. The molecule has 0 aromatic heterocycles. The van der Waals surface area contributed by atoms with Crippen molar-refractivity contribution >= 4 is 21.6 Å². The first-order valence-electron chi connectivity index (χ1n) is 7.02. The van der Waals surface area contributed by atoms with Crippen molar-refractivity contribution in [3.63, 3.8) is 0 Å². The molecular weight excluding hydrogens is 325 g/mol. The number of nitrogens with one attached hydrogen (secondary N) is 1. The van der Waals surface area contributed by atoms with Crippen molar-refractivity contribution in [1.29, 1.82) is 0 Å². The van der Waals surface area contributed by atoms with Gasteiger partial charge in [-0.05, 0) is 48.6 Å². The van der Waals surface area contributed by atoms with Crippen LogP contribution in [0.4, 0.5) is 4.39 Å². The molecule has 1 aliphatic carbocycles. The smallest absolute Gasteiger partial charge is 0.207 e. The normalized spacial score (nSPS) is 18.0. The summed E-state index contributed by atoms with van der Waals surface area (Å²) in [5.41, 5.74) is 2.17. The van der Waals surface area contributed by atoms with Gasteiger partial charge in [0.2, 0.25) is 10.0 Å². The number of sulfonamides is 1. The Labute approximate surface area is 134 Å². The first kappa shape index (κ1) is 15.5. The molecule has 0 radical (unpaired) electrons. The second kappa shape index (κ2) is 5.99. The lowest BCUT2D eigenvalue weighted by atomic mass is 9.88. The molecule has 116 valence electrons. The summed E-state index contributed by atoms with van der Waals surface area (Å²) in [6.45, 7) is 0. The number of fused-ring (bicyclic) bond motifs is 1. The van der Waals surface area contributed by atoms with Crippen LogP contribution in [-0.4, -0.2) is 8.42 Å². The summed E-state index contributed by atoms with van der Waals surface area (Å²) in [5.74, 6) is -0.636. The highest BCUT2D eigenvalue weighted by Gasteiger charge is 2.25. The zero-order chi connectivity index (χ0) is 15.7. The van der Waals surface area contributed by atoms with Crippen LogP contribution < -0.4 is 4.72 Å². The molecule has 0 saturated carbocycles. The van der Waals surface area contributed by atoms with Gasteiger partial charge >= 0.3 is 0 Å². The molecule has 6 heteroatoms. The largest absolute Gasteiger partial charge is 0.241 e. The average molecular weight is 340 g/mol. The second-order valence-corrected chi connectivity index (χ2v) is 7.46. The number of hydrogen-bond donors (Lipinski definition) is 1. The Hall–Kier alpha value is -1.43. The van der Waals surface area contributed by atoms with Gasteiger partial charge in [0.1, 0.15) is 5.82 Å². The Kier molecular flexibility index (Phi) is 4.21. The molecule has 2 aromatic rings. The third-order valence-electron chi connectivity index (χ3n) is 3.87. The molecule has 0 spiro atoms. The third kappa shape index (κ3) is 3.02. The lowest BCUT2D eigenvalue weighted by Crippen LogP contribution is -2.31. The molecule has 0 unspecified atom stereocenters. The molecule has 0 fully saturated rings. The van der Waals surface area contributed by atoms with Gasteiger partial charge in [-0.2, -0.15) is 0 Å². The molecule has 1 N–H and O–H groups in total. The van der Waals surface area contributed by atoms with E-state index in [-0.39, 0.29) is 16.0 Å². The number of rotatable bonds is 3. The van der Waals surface area contributed by atoms with E-state index in [0.717, 1.165) is 37.0 Å². The predicted octanol–water partition coefficient (Wildman–Crippen LogP) is 3.84. The van der Waals surface area contributed by atoms with E-state index in [2.05, 4.69) is 4.72 Å². The van der Waals surface area contributed by atoms with Crippen LogP contribution in [0, 0.1) is 5.82 Å². The van der Waals surface area contributed by atoms with Crippen molar-refractivity contribution in [2.75, 3.05) is 0 Å². The monoisotopic (exact) mass is 339 g/mol. The Morgan fingerprint density at radius 3 is 2.73 bits per heavy atom. The average Bonchev–Trinajstić information content (AvgIpc) is 2.50. The SMILES string of the molecule is O=S(=O)(N[C@@H]1CCCc2ccccc21)c1ccc(F)c(Cl)c1. The van der Waals surface area contributed by atoms with Gasteiger partial charge in [0.25, 0.3) is 0 Å². The summed E-state index contributed by atoms with van der Waals surface area (Å²) < 4.78 is 40.9. The molecule has 0 saturated heterocycles. The first-order chi connectivity index (χ1) is 10.5. The van der Waals surface area contributed by atoms with Crippen LogP contribution in [0.3, 0.4) is 0 Å². The summed E-state index contributed by atoms with van der Waals surface area (Å²) in [5, 5.41) is -0.202. The van der Waals surface area contributed by atoms with Crippen molar-refractivity contribution in [3.05, 3.63) is 64.4 Å². The molecule has 0 amide bonds. The molecule has 3 nitrogen and oxygen atoms in total. The van der Waals surface area contributed by atoms with E-state index in [1.54, 1.807) is 0 Å². The molecule has 22 heavy (non-hydrogen) atoms. The Morgan fingerprint density at radius 1 is 1.18 bits per heavy atom. The van der Waals surface area contributed by atoms with E-state index < -0.39 is 15.8 Å². The summed E-state index contributed by atoms with van der Waals surface area (Å²) in [4.78, 5) is -0.0260. The van der Waals surface area contributed by atoms with Crippen molar-refractivity contribution in [2.24, 2.45) is 0 Å². The Bertz CT molecular complexity index is 808. The van der Waals surface area contributed by atoms with Crippen LogP contribution in [0.1, 0.15) is 30.0 Å². The van der Waals surface area contributed by atoms with Gasteiger partial charge in [0.05, 0.1) is 9.92 Å². The van der Waals surface area contributed by atoms with Crippen molar-refractivity contribution in [3.8, 4) is 0 Å². The third-order valence-corrected chi connectivity index (χ3v) is 5.63. The molecule has 0 heterocycles. The van der Waals surface area contributed by atoms with Crippen LogP contribution in [-0.2, 0) is 16.4 Å². The van der Waals surface area contributed by atoms with Crippen molar-refractivity contribution < 1.29 is 12.8 Å². The van der Waals surface area contributed by atoms with Gasteiger partial charge in [-0.3, -0.25) is 0 Å². The summed E-state index contributed by atoms with van der Waals surface area (Å²) in [6.07, 6.45) is 2.62. The zero-order valence-corrected chi connectivity index (χ0v) is 13.3. The molecule has 1 aliphatic rings. The van der Waals surface area contributed by atoms with Gasteiger partial charge in [-0.1, -0.05) is 35.9 Å². The maximum atomic E-state index is 13.2. The first-order valence-corrected chi connectivity index (χ1v) is 8.89. The maximum Gasteiger partial charge on any atom is 0.241 e. The number of aryl methyl sites for hydroxylation is 1. The molecule has 1 atom stereocenters. The molecular formula is C16H15ClFNO2S. The minimum Gasteiger partial charge on any atom is -0.207 e. The van der Waals surface area contributed by atoms with Crippen molar-refractivity contribution in [1.82, 2.24) is 4.72 Å². The van der Waals surface area contributed by atoms with Gasteiger partial charge in [0, 0.05) is 6.04 Å². The fourth-order valence-electron chi connectivity index (χ4n) is 2.78. The minimum absolute atomic E-state index is 0.0260. The summed E-state index contributed by atoms with van der Waals surface area (Å²) in [6, 6.07) is 11.0. The highest BCUT2D eigenvalue weighted by atomic mass is 35.5. The quantitative estimate of drug-likeness (QED) is 0.923. The van der Waals surface area contributed by atoms with E-state index in [1.165, 1.54) is 11.6 Å². The fourth-order valence-corrected chi connectivity index (χ4v) is 4.30. The van der Waals surface area contributed by atoms with Gasteiger partial charge in [-0.25, -0.2) is 17.5 Å². The number of hydrogen-bond acceptors (Lipinski definition) is 2. The van der Waals surface area contributed by atoms with Crippen LogP contribution in [0.5, 0.6) is 0 Å². The van der Waals surface area contributed by atoms with Gasteiger partial charge in [0.15, 0.2) is 0 Å². The van der Waals surface area contributed by atoms with Gasteiger partial charge in [-0.15, -0.1) is 0 Å². The van der Waals surface area contributed by atoms with Crippen LogP contribution in [0.15, 0.2) is 47.4 Å². The van der Waals surface area contributed by atoms with E-state index in [9.17, 15) is 12.8 Å². The molecule has 0 aliphatic heterocycles. The molecule has 3 rings (SSSR count). The lowest BCUT2D eigenvalue weighted by Gasteiger charge is -2.26. The number of halogens is 2. The van der Waals surface area contributed by atoms with E-state index in [4.69, 9.17) is 11.6 Å². The maximum absolute atomic E-state index is 13.2. The van der Waals surface area contributed by atoms with E-state index >= 15 is 0 Å². The van der Waals surface area contributed by atoms with Gasteiger partial charge < -0.3 is 0 Å². The zero-order valence-electron chi connectivity index (χ0n) is 11.7. The molecule has 0 bridgehead atoms. The highest BCUT2D eigenvalue weighted by Crippen LogP contribution is 2.31.